The van der Waals surface area contributed by atoms with Crippen LogP contribution in [0, 0.1) is 0 Å². The van der Waals surface area contributed by atoms with Crippen LogP contribution in [0.5, 0.6) is 0 Å². The topological polar surface area (TPSA) is 66.9 Å². The number of nitrogens with one attached hydrogen (secondary N) is 2. The van der Waals surface area contributed by atoms with Gasteiger partial charge in [0.05, 0.1) is 10.9 Å². The zero-order valence-electron chi connectivity index (χ0n) is 16.2. The summed E-state index contributed by atoms with van der Waals surface area (Å²) in [6.45, 7) is 2.72. The summed E-state index contributed by atoms with van der Waals surface area (Å²) in [4.78, 5) is 23.1. The van der Waals surface area contributed by atoms with Crippen molar-refractivity contribution >= 4 is 41.1 Å². The van der Waals surface area contributed by atoms with Gasteiger partial charge in [-0.3, -0.25) is 4.79 Å². The molecular formula is C22H24N4OS2. The molecule has 3 rings (SSSR count). The van der Waals surface area contributed by atoms with Crippen LogP contribution in [0.4, 0.5) is 11.6 Å². The lowest BCUT2D eigenvalue weighted by molar-refractivity contribution is -0.115. The fourth-order valence-electron chi connectivity index (χ4n) is 2.51. The van der Waals surface area contributed by atoms with Gasteiger partial charge in [-0.25, -0.2) is 9.97 Å². The first-order valence-electron chi connectivity index (χ1n) is 9.47. The smallest absolute Gasteiger partial charge is 0.237 e. The summed E-state index contributed by atoms with van der Waals surface area (Å²) in [5.41, 5.74) is 0.849. The number of aromatic nitrogens is 2. The maximum Gasteiger partial charge on any atom is 0.237 e. The van der Waals surface area contributed by atoms with Crippen LogP contribution in [-0.4, -0.2) is 33.4 Å². The zero-order chi connectivity index (χ0) is 20.3. The van der Waals surface area contributed by atoms with Crippen molar-refractivity contribution in [2.75, 3.05) is 22.9 Å². The van der Waals surface area contributed by atoms with Crippen LogP contribution in [-0.2, 0) is 4.79 Å². The van der Waals surface area contributed by atoms with E-state index in [1.165, 1.54) is 0 Å². The molecule has 1 amide bonds. The Kier molecular flexibility index (Phi) is 8.40. The van der Waals surface area contributed by atoms with Gasteiger partial charge < -0.3 is 10.6 Å². The summed E-state index contributed by atoms with van der Waals surface area (Å²) < 4.78 is 0. The fourth-order valence-corrected chi connectivity index (χ4v) is 4.30. The molecule has 1 aromatic heterocycles. The van der Waals surface area contributed by atoms with Gasteiger partial charge >= 0.3 is 0 Å². The van der Waals surface area contributed by atoms with Gasteiger partial charge in [-0.2, -0.15) is 0 Å². The highest BCUT2D eigenvalue weighted by atomic mass is 32.2. The largest absolute Gasteiger partial charge is 0.354 e. The number of benzene rings is 2. The lowest BCUT2D eigenvalue weighted by Gasteiger charge is -2.14. The minimum Gasteiger partial charge on any atom is -0.354 e. The molecule has 0 saturated heterocycles. The van der Waals surface area contributed by atoms with Crippen LogP contribution in [0.15, 0.2) is 82.8 Å². The molecule has 0 spiro atoms. The Morgan fingerprint density at radius 3 is 2.52 bits per heavy atom. The molecule has 1 heterocycles. The van der Waals surface area contributed by atoms with Crippen molar-refractivity contribution in [1.29, 1.82) is 0 Å². The highest BCUT2D eigenvalue weighted by molar-refractivity contribution is 8.00. The summed E-state index contributed by atoms with van der Waals surface area (Å²) in [5.74, 6) is 1.54. The summed E-state index contributed by atoms with van der Waals surface area (Å²) in [5, 5.41) is 6.13. The van der Waals surface area contributed by atoms with Crippen molar-refractivity contribution in [1.82, 2.24) is 9.97 Å². The maximum absolute atomic E-state index is 12.6. The third-order valence-corrected chi connectivity index (χ3v) is 6.35. The fraction of sp³-hybridized carbons (Fsp3) is 0.227. The molecular weight excluding hydrogens is 400 g/mol. The molecule has 2 aromatic carbocycles. The third-order valence-electron chi connectivity index (χ3n) is 4.02. The van der Waals surface area contributed by atoms with E-state index in [4.69, 9.17) is 0 Å². The molecule has 0 fully saturated rings. The van der Waals surface area contributed by atoms with Crippen molar-refractivity contribution in [3.05, 3.63) is 73.1 Å². The molecule has 0 aliphatic carbocycles. The van der Waals surface area contributed by atoms with Crippen molar-refractivity contribution < 1.29 is 4.79 Å². The maximum atomic E-state index is 12.6. The molecule has 3 aromatic rings. The number of nitrogens with zero attached hydrogens (tertiary/aromatic N) is 2. The minimum atomic E-state index is -0.127. The first-order valence-corrected chi connectivity index (χ1v) is 11.3. The Balaban J connectivity index is 1.44. The first-order chi connectivity index (χ1) is 14.2. The predicted octanol–water partition coefficient (Wildman–Crippen LogP) is 5.19. The van der Waals surface area contributed by atoms with Gasteiger partial charge in [0.15, 0.2) is 0 Å². The van der Waals surface area contributed by atoms with E-state index >= 15 is 0 Å². The van der Waals surface area contributed by atoms with Crippen molar-refractivity contribution in [2.45, 2.75) is 28.4 Å². The lowest BCUT2D eigenvalue weighted by Crippen LogP contribution is -2.23. The van der Waals surface area contributed by atoms with Crippen LogP contribution in [0.3, 0.4) is 0 Å². The lowest BCUT2D eigenvalue weighted by atomic mass is 10.3. The molecule has 0 bridgehead atoms. The van der Waals surface area contributed by atoms with E-state index in [1.807, 2.05) is 49.4 Å². The van der Waals surface area contributed by atoms with E-state index in [-0.39, 0.29) is 11.2 Å². The number of thioether (sulfide) groups is 1. The Hall–Kier alpha value is -2.51. The van der Waals surface area contributed by atoms with Crippen LogP contribution in [0.1, 0.15) is 13.3 Å². The molecule has 29 heavy (non-hydrogen) atoms. The summed E-state index contributed by atoms with van der Waals surface area (Å²) >= 11 is 3.30. The number of hydrogen-bond acceptors (Lipinski definition) is 6. The van der Waals surface area contributed by atoms with Crippen LogP contribution in [0.2, 0.25) is 0 Å². The quantitative estimate of drug-likeness (QED) is 0.437. The molecule has 1 unspecified atom stereocenters. The average Bonchev–Trinajstić information content (AvgIpc) is 2.76. The third kappa shape index (κ3) is 7.11. The second-order valence-electron chi connectivity index (χ2n) is 6.27. The van der Waals surface area contributed by atoms with Crippen molar-refractivity contribution in [3.63, 3.8) is 0 Å². The van der Waals surface area contributed by atoms with Crippen molar-refractivity contribution in [2.24, 2.45) is 0 Å². The highest BCUT2D eigenvalue weighted by Crippen LogP contribution is 2.33. The zero-order valence-corrected chi connectivity index (χ0v) is 17.9. The minimum absolute atomic E-state index is 0.0236. The first kappa shape index (κ1) is 21.2. The van der Waals surface area contributed by atoms with Gasteiger partial charge in [-0.1, -0.05) is 42.1 Å². The van der Waals surface area contributed by atoms with Crippen LogP contribution < -0.4 is 10.6 Å². The Morgan fingerprint density at radius 1 is 1.00 bits per heavy atom. The van der Waals surface area contributed by atoms with E-state index in [0.29, 0.717) is 5.95 Å². The number of hydrogen-bond donors (Lipinski definition) is 2. The van der Waals surface area contributed by atoms with Crippen LogP contribution >= 0.6 is 23.5 Å². The number of amides is 1. The average molecular weight is 425 g/mol. The van der Waals surface area contributed by atoms with Crippen LogP contribution in [0.25, 0.3) is 0 Å². The number of anilines is 2. The van der Waals surface area contributed by atoms with Gasteiger partial charge in [0.2, 0.25) is 11.9 Å². The molecule has 1 atom stereocenters. The summed E-state index contributed by atoms with van der Waals surface area (Å²) in [6.07, 6.45) is 4.36. The summed E-state index contributed by atoms with van der Waals surface area (Å²) in [6, 6.07) is 19.9. The van der Waals surface area contributed by atoms with E-state index in [0.717, 1.165) is 34.2 Å². The van der Waals surface area contributed by atoms with Gasteiger partial charge in [0.1, 0.15) is 0 Å². The Bertz CT molecular complexity index is 894. The molecule has 0 radical (unpaired) electrons. The SMILES string of the molecule is CC(SCCCNc1ncccn1)C(=O)Nc1ccccc1Sc1ccccc1. The molecule has 0 saturated carbocycles. The Labute approximate surface area is 180 Å². The van der Waals surface area contributed by atoms with Gasteiger partial charge in [0.25, 0.3) is 0 Å². The molecule has 0 aliphatic rings. The standard InChI is InChI=1S/C22H24N4OS2/c1-17(28-16-8-15-25-22-23-13-7-14-24-22)21(27)26-19-11-5-6-12-20(19)29-18-9-3-2-4-10-18/h2-7,9-14,17H,8,15-16H2,1H3,(H,26,27)(H,23,24,25). The molecule has 0 aliphatic heterocycles. The molecule has 5 nitrogen and oxygen atoms in total. The molecule has 7 heteroatoms. The number of para-hydroxylation sites is 1. The number of rotatable bonds is 10. The number of carbonyl (C=O) groups excluding carboxylic acids is 1. The monoisotopic (exact) mass is 424 g/mol. The van der Waals surface area contributed by atoms with Gasteiger partial charge in [-0.15, -0.1) is 11.8 Å². The van der Waals surface area contributed by atoms with E-state index in [1.54, 1.807) is 42.0 Å². The second-order valence-corrected chi connectivity index (χ2v) is 8.83. The number of carbonyl (C=O) groups is 1. The molecule has 150 valence electrons. The van der Waals surface area contributed by atoms with Gasteiger partial charge in [0, 0.05) is 28.7 Å². The van der Waals surface area contributed by atoms with E-state index in [9.17, 15) is 4.79 Å². The Morgan fingerprint density at radius 2 is 1.72 bits per heavy atom. The normalized spacial score (nSPS) is 11.6. The summed E-state index contributed by atoms with van der Waals surface area (Å²) in [7, 11) is 0. The van der Waals surface area contributed by atoms with E-state index in [2.05, 4.69) is 32.7 Å². The van der Waals surface area contributed by atoms with Crippen molar-refractivity contribution in [3.8, 4) is 0 Å². The molecule has 2 N–H and O–H groups in total. The van der Waals surface area contributed by atoms with E-state index < -0.39 is 0 Å². The van der Waals surface area contributed by atoms with Gasteiger partial charge in [-0.05, 0) is 49.4 Å². The predicted molar refractivity (Wildman–Crippen MR) is 123 cm³/mol. The second kappa shape index (κ2) is 11.5. The highest BCUT2D eigenvalue weighted by Gasteiger charge is 2.15.